The molecule has 1 saturated heterocycles. The van der Waals surface area contributed by atoms with Gasteiger partial charge in [-0.2, -0.15) is 0 Å². The summed E-state index contributed by atoms with van der Waals surface area (Å²) in [5.41, 5.74) is 1.43. The normalized spacial score (nSPS) is 20.3. The Hall–Kier alpha value is -1.24. The van der Waals surface area contributed by atoms with Gasteiger partial charge < -0.3 is 0 Å². The van der Waals surface area contributed by atoms with Crippen molar-refractivity contribution < 1.29 is 61.9 Å². The number of nitrogens with zero attached hydrogens (tertiary/aromatic N) is 1. The van der Waals surface area contributed by atoms with Crippen molar-refractivity contribution in [3.63, 3.8) is 0 Å². The summed E-state index contributed by atoms with van der Waals surface area (Å²) in [4.78, 5) is 51.1. The topological polar surface area (TPSA) is 95.6 Å². The number of amides is 4. The zero-order valence-corrected chi connectivity index (χ0v) is 17.1. The van der Waals surface area contributed by atoms with Crippen molar-refractivity contribution in [1.29, 1.82) is 0 Å². The monoisotopic (exact) mass is 555 g/mol. The predicted octanol–water partition coefficient (Wildman–Crippen LogP) is -5.95. The molecule has 2 N–H and O–H groups in total. The Kier molecular flexibility index (Phi) is 5.37. The van der Waals surface area contributed by atoms with Crippen LogP contribution in [-0.4, -0.2) is 37.5 Å². The van der Waals surface area contributed by atoms with Gasteiger partial charge in [0.05, 0.1) is 0 Å². The van der Waals surface area contributed by atoms with Gasteiger partial charge in [-0.3, -0.25) is 0 Å². The molecule has 1 fully saturated rings. The van der Waals surface area contributed by atoms with Crippen LogP contribution < -0.4 is 51.5 Å². The van der Waals surface area contributed by atoms with Gasteiger partial charge in [-0.1, -0.05) is 0 Å². The van der Waals surface area contributed by atoms with E-state index in [0.29, 0.717) is 18.5 Å². The van der Waals surface area contributed by atoms with E-state index in [2.05, 4.69) is 8.85 Å². The summed E-state index contributed by atoms with van der Waals surface area (Å²) in [6.45, 7) is 0.348. The molecule has 3 rings (SSSR count). The van der Waals surface area contributed by atoms with Crippen LogP contribution in [0.25, 0.3) is 0 Å². The van der Waals surface area contributed by atoms with Crippen LogP contribution in [0.3, 0.4) is 0 Å². The Morgan fingerprint density at radius 2 is 2.12 bits per heavy atom. The third-order valence-electron chi connectivity index (χ3n) is 3.85. The molecule has 0 saturated carbocycles. The molecular weight excluding hydrogens is 540 g/mol. The molecule has 1 atom stereocenters. The number of alkyl halides is 1. The Labute approximate surface area is 159 Å². The second kappa shape index (κ2) is 7.33. The molecule has 1 aromatic rings. The fourth-order valence-corrected chi connectivity index (χ4v) is 6.83. The van der Waals surface area contributed by atoms with Crippen molar-refractivity contribution in [1.82, 2.24) is 13.7 Å². The first kappa shape index (κ1) is 17.6. The number of hydrogen-bond acceptors (Lipinski definition) is 4. The molecule has 9 heteroatoms. The first-order valence-corrected chi connectivity index (χ1v) is 12.6. The maximum atomic E-state index is 12.6. The quantitative estimate of drug-likeness (QED) is 0.0968. The van der Waals surface area contributed by atoms with Crippen LogP contribution >= 0.6 is 0 Å². The number of piperidine rings is 1. The fourth-order valence-electron chi connectivity index (χ4n) is 2.79. The first-order chi connectivity index (χ1) is 11.5. The van der Waals surface area contributed by atoms with E-state index in [9.17, 15) is 19.2 Å². The predicted molar refractivity (Wildman–Crippen MR) is 75.6 cm³/mol. The van der Waals surface area contributed by atoms with Gasteiger partial charge in [0.2, 0.25) is 0 Å². The summed E-state index contributed by atoms with van der Waals surface area (Å²) in [7, 11) is 0. The average Bonchev–Trinajstić information content (AvgIpc) is 2.84. The van der Waals surface area contributed by atoms with E-state index in [1.165, 1.54) is 4.90 Å². The molecule has 1 unspecified atom stereocenters. The fraction of sp³-hybridized carbons (Fsp3) is 0.333. The van der Waals surface area contributed by atoms with E-state index >= 15 is 0 Å². The van der Waals surface area contributed by atoms with Crippen molar-refractivity contribution in [2.24, 2.45) is 0 Å². The number of imide groups is 1. The summed E-state index contributed by atoms with van der Waals surface area (Å²) in [6.07, 6.45) is 0.598. The van der Waals surface area contributed by atoms with Crippen molar-refractivity contribution in [3.05, 3.63) is 32.9 Å². The molecule has 24 heavy (non-hydrogen) atoms. The summed E-state index contributed by atoms with van der Waals surface area (Å²) in [5, 5.41) is 2.29. The number of hydrogen-bond donors (Lipinski definition) is 2. The molecule has 2 aliphatic heterocycles. The van der Waals surface area contributed by atoms with Gasteiger partial charge in [-0.15, -0.1) is 0 Å². The van der Waals surface area contributed by atoms with Crippen molar-refractivity contribution in [2.45, 2.75) is 25.4 Å². The standard InChI is InChI=1S/C15H15I2N3O4/c1-16-19-15(24)17-9-2-3-10-8(6-9)7-20(14(10)23)11-4-5-12(21)18-13(11)22/h2-3,6,11H,4-5,7H2,1H3,(H,19,24)(H,18,21,22)/q-2. The molecular formula is C15H15I2N3O4-2. The second-order valence-electron chi connectivity index (χ2n) is 5.35. The first-order valence-electron chi connectivity index (χ1n) is 7.20. The number of rotatable bonds is 4. The van der Waals surface area contributed by atoms with Crippen LogP contribution in [0.2, 0.25) is 0 Å². The third-order valence-corrected chi connectivity index (χ3v) is 7.96. The van der Waals surface area contributed by atoms with Crippen LogP contribution in [0, 0.1) is 3.57 Å². The van der Waals surface area contributed by atoms with Crippen LogP contribution in [0.4, 0.5) is 4.79 Å². The third kappa shape index (κ3) is 3.55. The summed E-state index contributed by atoms with van der Waals surface area (Å²) < 4.78 is 3.95. The minimum atomic E-state index is -0.786. The summed E-state index contributed by atoms with van der Waals surface area (Å²) >= 11 is -1.06. The molecule has 0 bridgehead atoms. The molecule has 1 aromatic carbocycles. The van der Waals surface area contributed by atoms with E-state index in [1.54, 1.807) is 6.07 Å². The molecule has 0 aromatic heterocycles. The zero-order chi connectivity index (χ0) is 17.3. The zero-order valence-electron chi connectivity index (χ0n) is 12.8. The number of nitrogens with one attached hydrogen (secondary N) is 2. The van der Waals surface area contributed by atoms with E-state index in [1.807, 2.05) is 17.1 Å². The summed E-state index contributed by atoms with van der Waals surface area (Å²) in [6, 6.07) is 4.87. The number of fused-ring (bicyclic) bond motifs is 1. The van der Waals surface area contributed by atoms with E-state index < -0.39 is 33.2 Å². The van der Waals surface area contributed by atoms with Gasteiger partial charge in [0, 0.05) is 0 Å². The molecule has 0 spiro atoms. The van der Waals surface area contributed by atoms with Gasteiger partial charge in [0.25, 0.3) is 0 Å². The minimum absolute atomic E-state index is 0.0930. The van der Waals surface area contributed by atoms with E-state index in [0.717, 1.165) is 9.13 Å². The SMILES string of the molecule is C[I-]NC(=O)[I-]c1ccc2c(c1)CN(C1CCC(=O)NC1=O)C2=O. The maximum absolute atomic E-state index is 12.6. The second-order valence-corrected chi connectivity index (χ2v) is 9.74. The van der Waals surface area contributed by atoms with E-state index in [4.69, 9.17) is 0 Å². The van der Waals surface area contributed by atoms with Crippen LogP contribution in [-0.2, 0) is 16.1 Å². The van der Waals surface area contributed by atoms with Crippen molar-refractivity contribution in [3.8, 4) is 0 Å². The molecule has 130 valence electrons. The molecule has 4 amide bonds. The molecule has 0 radical (unpaired) electrons. The van der Waals surface area contributed by atoms with Gasteiger partial charge in [-0.05, 0) is 0 Å². The van der Waals surface area contributed by atoms with Crippen LogP contribution in [0.15, 0.2) is 18.2 Å². The van der Waals surface area contributed by atoms with Gasteiger partial charge in [0.1, 0.15) is 0 Å². The number of carbonyl (C=O) groups is 4. The Bertz CT molecular complexity index is 737. The molecule has 2 aliphatic rings. The average molecular weight is 555 g/mol. The van der Waals surface area contributed by atoms with Gasteiger partial charge in [0.15, 0.2) is 0 Å². The summed E-state index contributed by atoms with van der Waals surface area (Å²) in [5.74, 6) is -0.892. The number of carbonyl (C=O) groups excluding carboxylic acids is 4. The van der Waals surface area contributed by atoms with E-state index in [-0.39, 0.29) is 43.6 Å². The van der Waals surface area contributed by atoms with Gasteiger partial charge >= 0.3 is 160 Å². The Morgan fingerprint density at radius 3 is 2.83 bits per heavy atom. The number of benzene rings is 1. The van der Waals surface area contributed by atoms with Crippen LogP contribution in [0.1, 0.15) is 28.8 Å². The molecule has 2 heterocycles. The van der Waals surface area contributed by atoms with Gasteiger partial charge in [-0.25, -0.2) is 0 Å². The van der Waals surface area contributed by atoms with Crippen molar-refractivity contribution in [2.75, 3.05) is 4.93 Å². The number of halogens is 2. The molecule has 0 aliphatic carbocycles. The Balaban J connectivity index is 1.76. The van der Waals surface area contributed by atoms with Crippen LogP contribution in [0.5, 0.6) is 0 Å². The van der Waals surface area contributed by atoms with Crippen molar-refractivity contribution >= 4 is 21.6 Å². The Morgan fingerprint density at radius 1 is 1.33 bits per heavy atom. The molecule has 7 nitrogen and oxygen atoms in total.